The van der Waals surface area contributed by atoms with Gasteiger partial charge in [0.05, 0.1) is 6.54 Å². The van der Waals surface area contributed by atoms with E-state index in [1.165, 1.54) is 6.20 Å². The second kappa shape index (κ2) is 6.78. The third-order valence-electron chi connectivity index (χ3n) is 2.95. The quantitative estimate of drug-likeness (QED) is 0.751. The number of aromatic amines is 1. The minimum absolute atomic E-state index is 0.0944. The molecule has 6 nitrogen and oxygen atoms in total. The molecule has 0 aliphatic carbocycles. The number of para-hydroxylation sites is 1. The maximum absolute atomic E-state index is 12.3. The second-order valence-electron chi connectivity index (χ2n) is 6.13. The monoisotopic (exact) mass is 332 g/mol. The van der Waals surface area contributed by atoms with Gasteiger partial charge in [0.2, 0.25) is 5.91 Å². The SMILES string of the molecule is CC(C)(C)NC(=O)CNC(=O)c1c[nH]c(=S)n1-c1ccccc1. The molecular formula is C16H20N4O2S. The van der Waals surface area contributed by atoms with Gasteiger partial charge >= 0.3 is 0 Å². The first kappa shape index (κ1) is 17.0. The number of hydrogen-bond acceptors (Lipinski definition) is 3. The molecule has 0 saturated heterocycles. The molecule has 2 rings (SSSR count). The summed E-state index contributed by atoms with van der Waals surface area (Å²) in [7, 11) is 0. The first-order valence-corrected chi connectivity index (χ1v) is 7.64. The van der Waals surface area contributed by atoms with E-state index in [1.54, 1.807) is 4.57 Å². The smallest absolute Gasteiger partial charge is 0.270 e. The number of benzene rings is 1. The fraction of sp³-hybridized carbons (Fsp3) is 0.312. The van der Waals surface area contributed by atoms with E-state index in [9.17, 15) is 9.59 Å². The number of nitrogens with zero attached hydrogens (tertiary/aromatic N) is 1. The number of hydrogen-bond donors (Lipinski definition) is 3. The summed E-state index contributed by atoms with van der Waals surface area (Å²) in [6, 6.07) is 9.32. The van der Waals surface area contributed by atoms with E-state index >= 15 is 0 Å². The lowest BCUT2D eigenvalue weighted by Gasteiger charge is -2.20. The van der Waals surface area contributed by atoms with Crippen LogP contribution in [0.3, 0.4) is 0 Å². The van der Waals surface area contributed by atoms with Crippen molar-refractivity contribution in [3.63, 3.8) is 0 Å². The van der Waals surface area contributed by atoms with Crippen LogP contribution in [-0.4, -0.2) is 33.4 Å². The van der Waals surface area contributed by atoms with Crippen LogP contribution in [0.25, 0.3) is 5.69 Å². The third-order valence-corrected chi connectivity index (χ3v) is 3.25. The molecule has 122 valence electrons. The Morgan fingerprint density at radius 3 is 2.48 bits per heavy atom. The Morgan fingerprint density at radius 1 is 1.22 bits per heavy atom. The molecule has 7 heteroatoms. The number of H-pyrrole nitrogens is 1. The molecule has 1 aromatic carbocycles. The van der Waals surface area contributed by atoms with Crippen LogP contribution in [0, 0.1) is 4.77 Å². The van der Waals surface area contributed by atoms with Crippen LogP contribution in [0.15, 0.2) is 36.5 Å². The lowest BCUT2D eigenvalue weighted by atomic mass is 10.1. The van der Waals surface area contributed by atoms with Gasteiger partial charge in [-0.2, -0.15) is 0 Å². The van der Waals surface area contributed by atoms with Gasteiger partial charge in [-0.3, -0.25) is 14.2 Å². The average Bonchev–Trinajstić information content (AvgIpc) is 2.86. The van der Waals surface area contributed by atoms with E-state index in [4.69, 9.17) is 12.2 Å². The van der Waals surface area contributed by atoms with Crippen molar-refractivity contribution in [3.8, 4) is 5.69 Å². The summed E-state index contributed by atoms with van der Waals surface area (Å²) in [6.45, 7) is 5.55. The van der Waals surface area contributed by atoms with E-state index in [0.29, 0.717) is 10.5 Å². The van der Waals surface area contributed by atoms with E-state index in [0.717, 1.165) is 5.69 Å². The predicted octanol–water partition coefficient (Wildman–Crippen LogP) is 2.18. The van der Waals surface area contributed by atoms with Gasteiger partial charge in [-0.05, 0) is 45.1 Å². The van der Waals surface area contributed by atoms with Crippen molar-refractivity contribution < 1.29 is 9.59 Å². The zero-order valence-electron chi connectivity index (χ0n) is 13.3. The predicted molar refractivity (Wildman–Crippen MR) is 91.2 cm³/mol. The summed E-state index contributed by atoms with van der Waals surface area (Å²) < 4.78 is 2.05. The Morgan fingerprint density at radius 2 is 1.87 bits per heavy atom. The van der Waals surface area contributed by atoms with E-state index < -0.39 is 0 Å². The molecule has 23 heavy (non-hydrogen) atoms. The summed E-state index contributed by atoms with van der Waals surface area (Å²) in [6.07, 6.45) is 1.53. The van der Waals surface area contributed by atoms with Crippen molar-refractivity contribution in [2.75, 3.05) is 6.54 Å². The molecule has 0 aliphatic heterocycles. The lowest BCUT2D eigenvalue weighted by molar-refractivity contribution is -0.121. The summed E-state index contributed by atoms with van der Waals surface area (Å²) in [5, 5.41) is 5.40. The molecule has 0 unspecified atom stereocenters. The zero-order chi connectivity index (χ0) is 17.0. The van der Waals surface area contributed by atoms with Gasteiger partial charge in [0.1, 0.15) is 5.69 Å². The molecule has 1 heterocycles. The standard InChI is InChI=1S/C16H20N4O2S/c1-16(2,3)19-13(21)10-17-14(22)12-9-18-15(23)20(12)11-7-5-4-6-8-11/h4-9H,10H2,1-3H3,(H,17,22)(H,18,23)(H,19,21). The van der Waals surface area contributed by atoms with Gasteiger partial charge in [-0.15, -0.1) is 0 Å². The van der Waals surface area contributed by atoms with Gasteiger partial charge in [0, 0.05) is 17.4 Å². The summed E-state index contributed by atoms with van der Waals surface area (Å²) >= 11 is 5.23. The second-order valence-corrected chi connectivity index (χ2v) is 6.52. The van der Waals surface area contributed by atoms with Gasteiger partial charge in [-0.1, -0.05) is 18.2 Å². The first-order chi connectivity index (χ1) is 10.8. The fourth-order valence-corrected chi connectivity index (χ4v) is 2.35. The molecular weight excluding hydrogens is 312 g/mol. The van der Waals surface area contributed by atoms with Gasteiger partial charge in [-0.25, -0.2) is 0 Å². The van der Waals surface area contributed by atoms with Crippen molar-refractivity contribution >= 4 is 24.0 Å². The first-order valence-electron chi connectivity index (χ1n) is 7.23. The molecule has 2 aromatic rings. The van der Waals surface area contributed by atoms with Crippen molar-refractivity contribution in [2.45, 2.75) is 26.3 Å². The van der Waals surface area contributed by atoms with Crippen LogP contribution >= 0.6 is 12.2 Å². The number of carbonyl (C=O) groups excluding carboxylic acids is 2. The Labute approximate surface area is 139 Å². The van der Waals surface area contributed by atoms with Crippen molar-refractivity contribution in [3.05, 3.63) is 47.0 Å². The van der Waals surface area contributed by atoms with E-state index in [2.05, 4.69) is 15.6 Å². The number of carbonyl (C=O) groups is 2. The van der Waals surface area contributed by atoms with Crippen molar-refractivity contribution in [1.82, 2.24) is 20.2 Å². The number of rotatable bonds is 4. The third kappa shape index (κ3) is 4.53. The van der Waals surface area contributed by atoms with Crippen LogP contribution in [0.5, 0.6) is 0 Å². The average molecular weight is 332 g/mol. The minimum atomic E-state index is -0.370. The van der Waals surface area contributed by atoms with Crippen LogP contribution < -0.4 is 10.6 Å². The molecule has 0 spiro atoms. The maximum atomic E-state index is 12.3. The topological polar surface area (TPSA) is 78.9 Å². The highest BCUT2D eigenvalue weighted by Gasteiger charge is 2.17. The molecule has 0 aliphatic rings. The maximum Gasteiger partial charge on any atom is 0.270 e. The summed E-state index contributed by atoms with van der Waals surface area (Å²) in [5.74, 6) is -0.614. The van der Waals surface area contributed by atoms with Crippen molar-refractivity contribution in [1.29, 1.82) is 0 Å². The fourth-order valence-electron chi connectivity index (χ4n) is 2.08. The van der Waals surface area contributed by atoms with E-state index in [-0.39, 0.29) is 23.9 Å². The molecule has 0 saturated carbocycles. The van der Waals surface area contributed by atoms with Gasteiger partial charge in [0.15, 0.2) is 4.77 Å². The molecule has 2 amide bonds. The Balaban J connectivity index is 2.13. The molecule has 0 radical (unpaired) electrons. The molecule has 0 fully saturated rings. The number of nitrogens with one attached hydrogen (secondary N) is 3. The zero-order valence-corrected chi connectivity index (χ0v) is 14.2. The van der Waals surface area contributed by atoms with Crippen molar-refractivity contribution in [2.24, 2.45) is 0 Å². The largest absolute Gasteiger partial charge is 0.350 e. The molecule has 1 aromatic heterocycles. The van der Waals surface area contributed by atoms with Crippen LogP contribution in [-0.2, 0) is 4.79 Å². The van der Waals surface area contributed by atoms with Gasteiger partial charge < -0.3 is 15.6 Å². The Hall–Kier alpha value is -2.41. The van der Waals surface area contributed by atoms with Crippen LogP contribution in [0.2, 0.25) is 0 Å². The molecule has 3 N–H and O–H groups in total. The van der Waals surface area contributed by atoms with Gasteiger partial charge in [0.25, 0.3) is 5.91 Å². The lowest BCUT2D eigenvalue weighted by Crippen LogP contribution is -2.46. The molecule has 0 bridgehead atoms. The minimum Gasteiger partial charge on any atom is -0.350 e. The highest BCUT2D eigenvalue weighted by Crippen LogP contribution is 2.12. The highest BCUT2D eigenvalue weighted by molar-refractivity contribution is 7.71. The normalized spacial score (nSPS) is 11.1. The summed E-state index contributed by atoms with van der Waals surface area (Å²) in [4.78, 5) is 27.0. The summed E-state index contributed by atoms with van der Waals surface area (Å²) in [5.41, 5.74) is 0.793. The van der Waals surface area contributed by atoms with E-state index in [1.807, 2.05) is 51.1 Å². The Kier molecular flexibility index (Phi) is 5.00. The molecule has 0 atom stereocenters. The Bertz CT molecular complexity index is 756. The number of aromatic nitrogens is 2. The number of imidazole rings is 1. The number of amides is 2. The van der Waals surface area contributed by atoms with Crippen LogP contribution in [0.4, 0.5) is 0 Å². The van der Waals surface area contributed by atoms with Crippen LogP contribution in [0.1, 0.15) is 31.3 Å². The highest BCUT2D eigenvalue weighted by atomic mass is 32.1.